The Bertz CT molecular complexity index is 701. The van der Waals surface area contributed by atoms with E-state index >= 15 is 0 Å². The zero-order valence-corrected chi connectivity index (χ0v) is 14.3. The van der Waals surface area contributed by atoms with Crippen LogP contribution < -0.4 is 10.6 Å². The third-order valence-corrected chi connectivity index (χ3v) is 4.60. The van der Waals surface area contributed by atoms with Crippen LogP contribution in [0.3, 0.4) is 0 Å². The van der Waals surface area contributed by atoms with Gasteiger partial charge in [0.1, 0.15) is 0 Å². The van der Waals surface area contributed by atoms with Gasteiger partial charge in [0.2, 0.25) is 0 Å². The molecule has 5 heteroatoms. The number of anilines is 1. The Labute approximate surface area is 144 Å². The number of hydrogen-bond acceptors (Lipinski definition) is 2. The Morgan fingerprint density at radius 1 is 1.22 bits per heavy atom. The number of carbonyl (C=O) groups is 1. The summed E-state index contributed by atoms with van der Waals surface area (Å²) in [5.74, 6) is 0. The van der Waals surface area contributed by atoms with E-state index in [-0.39, 0.29) is 12.1 Å². The molecule has 3 N–H and O–H groups in total. The number of aliphatic hydroxyl groups excluding tert-OH is 1. The number of rotatable bonds is 3. The number of halogens is 1. The van der Waals surface area contributed by atoms with Crippen molar-refractivity contribution in [2.75, 3.05) is 5.32 Å². The van der Waals surface area contributed by atoms with Crippen molar-refractivity contribution in [3.05, 3.63) is 63.6 Å². The molecular weight excluding hydrogens is 356 g/mol. The first-order valence-corrected chi connectivity index (χ1v) is 8.49. The lowest BCUT2D eigenvalue weighted by Crippen LogP contribution is -2.29. The number of aryl methyl sites for hydroxylation is 1. The van der Waals surface area contributed by atoms with E-state index in [1.54, 1.807) is 0 Å². The molecule has 3 rings (SSSR count). The van der Waals surface area contributed by atoms with Gasteiger partial charge < -0.3 is 15.7 Å². The summed E-state index contributed by atoms with van der Waals surface area (Å²) < 4.78 is 1.01. The van der Waals surface area contributed by atoms with Crippen molar-refractivity contribution in [2.24, 2.45) is 0 Å². The van der Waals surface area contributed by atoms with Gasteiger partial charge in [0.05, 0.1) is 6.10 Å². The van der Waals surface area contributed by atoms with Crippen LogP contribution in [-0.4, -0.2) is 17.2 Å². The molecule has 4 nitrogen and oxygen atoms in total. The van der Waals surface area contributed by atoms with Gasteiger partial charge in [-0.2, -0.15) is 0 Å². The molecule has 2 aromatic rings. The van der Waals surface area contributed by atoms with Gasteiger partial charge in [-0.15, -0.1) is 0 Å². The minimum Gasteiger partial charge on any atom is -0.393 e. The van der Waals surface area contributed by atoms with E-state index in [1.165, 1.54) is 5.56 Å². The number of carbonyl (C=O) groups excluding carboxylic acids is 1. The highest BCUT2D eigenvalue weighted by molar-refractivity contribution is 9.10. The van der Waals surface area contributed by atoms with Crippen molar-refractivity contribution < 1.29 is 9.90 Å². The molecule has 0 aliphatic heterocycles. The number of nitrogens with one attached hydrogen (secondary N) is 2. The van der Waals surface area contributed by atoms with E-state index in [9.17, 15) is 9.90 Å². The quantitative estimate of drug-likeness (QED) is 0.768. The maximum atomic E-state index is 12.1. The first-order valence-electron chi connectivity index (χ1n) is 7.70. The Kier molecular flexibility index (Phi) is 4.98. The van der Waals surface area contributed by atoms with E-state index in [4.69, 9.17) is 0 Å². The molecule has 0 saturated heterocycles. The van der Waals surface area contributed by atoms with Crippen molar-refractivity contribution in [2.45, 2.75) is 31.9 Å². The molecule has 120 valence electrons. The number of fused-ring (bicyclic) bond motifs is 1. The number of aliphatic hydroxyl groups is 1. The van der Waals surface area contributed by atoms with Gasteiger partial charge in [-0.25, -0.2) is 4.79 Å². The predicted octanol–water partition coefficient (Wildman–Crippen LogP) is 3.62. The average molecular weight is 375 g/mol. The molecule has 0 saturated carbocycles. The minimum atomic E-state index is -0.323. The fraction of sp³-hybridized carbons (Fsp3) is 0.278. The highest BCUT2D eigenvalue weighted by atomic mass is 79.9. The molecule has 1 aliphatic carbocycles. The van der Waals surface area contributed by atoms with E-state index < -0.39 is 0 Å². The molecule has 0 bridgehead atoms. The van der Waals surface area contributed by atoms with Crippen molar-refractivity contribution in [1.82, 2.24) is 5.32 Å². The van der Waals surface area contributed by atoms with Crippen LogP contribution in [0, 0.1) is 0 Å². The van der Waals surface area contributed by atoms with Crippen molar-refractivity contribution in [3.8, 4) is 0 Å². The number of hydrogen-bond donors (Lipinski definition) is 3. The number of urea groups is 1. The molecule has 0 aromatic heterocycles. The summed E-state index contributed by atoms with van der Waals surface area (Å²) in [7, 11) is 0. The molecule has 0 fully saturated rings. The lowest BCUT2D eigenvalue weighted by Gasteiger charge is -2.23. The van der Waals surface area contributed by atoms with Crippen LogP contribution in [0.4, 0.5) is 10.5 Å². The first-order chi connectivity index (χ1) is 11.1. The second-order valence-electron chi connectivity index (χ2n) is 5.77. The first kappa shape index (κ1) is 16.0. The van der Waals surface area contributed by atoms with Gasteiger partial charge >= 0.3 is 6.03 Å². The minimum absolute atomic E-state index is 0.235. The molecule has 1 aliphatic rings. The third kappa shape index (κ3) is 4.12. The maximum Gasteiger partial charge on any atom is 0.319 e. The zero-order valence-electron chi connectivity index (χ0n) is 12.7. The van der Waals surface area contributed by atoms with Crippen LogP contribution in [-0.2, 0) is 19.4 Å². The van der Waals surface area contributed by atoms with Crippen molar-refractivity contribution in [1.29, 1.82) is 0 Å². The summed E-state index contributed by atoms with van der Waals surface area (Å²) in [6.45, 7) is 0.469. The summed E-state index contributed by atoms with van der Waals surface area (Å²) in [6.07, 6.45) is 1.91. The number of amides is 2. The van der Waals surface area contributed by atoms with Crippen LogP contribution in [0.5, 0.6) is 0 Å². The summed E-state index contributed by atoms with van der Waals surface area (Å²) in [5.41, 5.74) is 4.08. The Hall–Kier alpha value is -1.85. The van der Waals surface area contributed by atoms with E-state index in [0.717, 1.165) is 34.1 Å². The van der Waals surface area contributed by atoms with Crippen LogP contribution in [0.15, 0.2) is 46.9 Å². The summed E-state index contributed by atoms with van der Waals surface area (Å²) >= 11 is 3.39. The monoisotopic (exact) mass is 374 g/mol. The largest absolute Gasteiger partial charge is 0.393 e. The molecule has 1 unspecified atom stereocenters. The second kappa shape index (κ2) is 7.15. The van der Waals surface area contributed by atoms with Crippen LogP contribution in [0.25, 0.3) is 0 Å². The van der Waals surface area contributed by atoms with Gasteiger partial charge in [-0.1, -0.05) is 40.2 Å². The highest BCUT2D eigenvalue weighted by Crippen LogP contribution is 2.28. The third-order valence-electron chi connectivity index (χ3n) is 4.07. The average Bonchev–Trinajstić information content (AvgIpc) is 2.55. The summed E-state index contributed by atoms with van der Waals surface area (Å²) in [6, 6.07) is 13.5. The predicted molar refractivity (Wildman–Crippen MR) is 94.5 cm³/mol. The molecule has 1 atom stereocenters. The molecule has 23 heavy (non-hydrogen) atoms. The normalized spacial score (nSPS) is 16.5. The van der Waals surface area contributed by atoms with Crippen LogP contribution >= 0.6 is 15.9 Å². The molecule has 0 spiro atoms. The lowest BCUT2D eigenvalue weighted by atomic mass is 9.88. The van der Waals surface area contributed by atoms with E-state index in [0.29, 0.717) is 13.0 Å². The standard InChI is InChI=1S/C18H19BrN2O2/c19-14-7-4-12(5-8-14)11-20-18(23)21-17-3-1-2-13-6-9-15(22)10-16(13)17/h1-5,7-8,15,22H,6,9-11H2,(H2,20,21,23). The second-order valence-corrected chi connectivity index (χ2v) is 6.69. The smallest absolute Gasteiger partial charge is 0.319 e. The molecule has 2 aromatic carbocycles. The Morgan fingerprint density at radius 2 is 2.00 bits per heavy atom. The fourth-order valence-electron chi connectivity index (χ4n) is 2.84. The molecule has 0 heterocycles. The van der Waals surface area contributed by atoms with Gasteiger partial charge in [0, 0.05) is 23.1 Å². The Morgan fingerprint density at radius 3 is 2.78 bits per heavy atom. The topological polar surface area (TPSA) is 61.4 Å². The lowest BCUT2D eigenvalue weighted by molar-refractivity contribution is 0.159. The fourth-order valence-corrected chi connectivity index (χ4v) is 3.10. The molecular formula is C18H19BrN2O2. The summed E-state index contributed by atoms with van der Waals surface area (Å²) in [4.78, 5) is 12.1. The van der Waals surface area contributed by atoms with Crippen molar-refractivity contribution in [3.63, 3.8) is 0 Å². The number of benzene rings is 2. The van der Waals surface area contributed by atoms with E-state index in [1.807, 2.05) is 36.4 Å². The maximum absolute atomic E-state index is 12.1. The van der Waals surface area contributed by atoms with Gasteiger partial charge in [-0.3, -0.25) is 0 Å². The van der Waals surface area contributed by atoms with Crippen LogP contribution in [0.1, 0.15) is 23.1 Å². The molecule has 2 amide bonds. The zero-order chi connectivity index (χ0) is 16.2. The summed E-state index contributed by atoms with van der Waals surface area (Å²) in [5, 5.41) is 15.6. The highest BCUT2D eigenvalue weighted by Gasteiger charge is 2.19. The van der Waals surface area contributed by atoms with Crippen molar-refractivity contribution >= 4 is 27.6 Å². The van der Waals surface area contributed by atoms with Gasteiger partial charge in [0.25, 0.3) is 0 Å². The van der Waals surface area contributed by atoms with Crippen LogP contribution in [0.2, 0.25) is 0 Å². The van der Waals surface area contributed by atoms with Gasteiger partial charge in [0.15, 0.2) is 0 Å². The Balaban J connectivity index is 1.63. The van der Waals surface area contributed by atoms with Gasteiger partial charge in [-0.05, 0) is 47.7 Å². The van der Waals surface area contributed by atoms with E-state index in [2.05, 4.69) is 32.6 Å². The SMILES string of the molecule is O=C(NCc1ccc(Br)cc1)Nc1cccc2c1CC(O)CC2. The molecule has 0 radical (unpaired) electrons.